The van der Waals surface area contributed by atoms with Gasteiger partial charge in [-0.3, -0.25) is 9.59 Å². The molecule has 0 aliphatic heterocycles. The van der Waals surface area contributed by atoms with Crippen LogP contribution in [0.5, 0.6) is 0 Å². The average Bonchev–Trinajstić information content (AvgIpc) is 3.12. The minimum atomic E-state index is -0.383. The Labute approximate surface area is 140 Å². The monoisotopic (exact) mass is 328 g/mol. The summed E-state index contributed by atoms with van der Waals surface area (Å²) < 4.78 is 10.2. The molecule has 2 amide bonds. The number of hydrogen-bond acceptors (Lipinski definition) is 4. The van der Waals surface area contributed by atoms with E-state index in [0.29, 0.717) is 30.9 Å². The van der Waals surface area contributed by atoms with Gasteiger partial charge in [-0.15, -0.1) is 0 Å². The third-order valence-corrected chi connectivity index (χ3v) is 3.17. The number of carbonyl (C=O) groups is 2. The zero-order valence-corrected chi connectivity index (χ0v) is 13.5. The average molecular weight is 328 g/mol. The first kappa shape index (κ1) is 17.5. The van der Waals surface area contributed by atoms with Gasteiger partial charge in [0.15, 0.2) is 0 Å². The lowest BCUT2D eigenvalue weighted by molar-refractivity contribution is -0.117. The molecule has 0 aliphatic rings. The van der Waals surface area contributed by atoms with Crippen molar-refractivity contribution >= 4 is 17.9 Å². The molecule has 6 heteroatoms. The number of hydrogen-bond donors (Lipinski definition) is 2. The summed E-state index contributed by atoms with van der Waals surface area (Å²) in [6, 6.07) is 12.1. The third-order valence-electron chi connectivity index (χ3n) is 3.17. The number of methoxy groups -OCH3 is 1. The van der Waals surface area contributed by atoms with Crippen LogP contribution in [0, 0.1) is 0 Å². The normalized spacial score (nSPS) is 11.1. The Bertz CT molecular complexity index is 678. The van der Waals surface area contributed by atoms with Crippen LogP contribution >= 0.6 is 0 Å². The molecule has 6 nitrogen and oxygen atoms in total. The highest BCUT2D eigenvalue weighted by Gasteiger charge is 2.14. The molecule has 0 aliphatic carbocycles. The summed E-state index contributed by atoms with van der Waals surface area (Å²) in [5, 5.41) is 5.37. The summed E-state index contributed by atoms with van der Waals surface area (Å²) in [5.74, 6) is -0.266. The lowest BCUT2D eigenvalue weighted by Crippen LogP contribution is -2.35. The smallest absolute Gasteiger partial charge is 0.267 e. The number of furan rings is 1. The Hall–Kier alpha value is -2.86. The molecule has 2 aromatic rings. The second kappa shape index (κ2) is 9.32. The Morgan fingerprint density at radius 2 is 1.96 bits per heavy atom. The highest BCUT2D eigenvalue weighted by Crippen LogP contribution is 2.07. The lowest BCUT2D eigenvalue weighted by atomic mass is 10.2. The number of rotatable bonds is 8. The molecule has 0 unspecified atom stereocenters. The number of amides is 2. The number of ether oxygens (including phenoxy) is 1. The highest BCUT2D eigenvalue weighted by atomic mass is 16.5. The molecule has 1 heterocycles. The van der Waals surface area contributed by atoms with E-state index in [-0.39, 0.29) is 17.5 Å². The van der Waals surface area contributed by atoms with Crippen LogP contribution in [0.2, 0.25) is 0 Å². The second-order valence-electron chi connectivity index (χ2n) is 5.00. The predicted molar refractivity (Wildman–Crippen MR) is 90.1 cm³/mol. The Morgan fingerprint density at radius 3 is 2.62 bits per heavy atom. The standard InChI is InChI=1S/C18H20N2O4/c1-23-11-6-10-19-18(22)16(13-15-9-5-12-24-15)20-17(21)14-7-3-2-4-8-14/h2-5,7-9,12-13H,6,10-11H2,1H3,(H,19,22)(H,20,21)/b16-13-. The maximum atomic E-state index is 12.3. The predicted octanol–water partition coefficient (Wildman–Crippen LogP) is 2.20. The molecular formula is C18H20N2O4. The van der Waals surface area contributed by atoms with E-state index in [9.17, 15) is 9.59 Å². The molecule has 1 aromatic carbocycles. The third kappa shape index (κ3) is 5.40. The highest BCUT2D eigenvalue weighted by molar-refractivity contribution is 6.05. The first-order valence-corrected chi connectivity index (χ1v) is 7.59. The van der Waals surface area contributed by atoms with E-state index in [4.69, 9.17) is 9.15 Å². The molecule has 126 valence electrons. The summed E-state index contributed by atoms with van der Waals surface area (Å²) in [5.41, 5.74) is 0.589. The van der Waals surface area contributed by atoms with Crippen molar-refractivity contribution in [3.05, 3.63) is 65.7 Å². The lowest BCUT2D eigenvalue weighted by Gasteiger charge is -2.10. The summed E-state index contributed by atoms with van der Waals surface area (Å²) in [6.07, 6.45) is 3.67. The van der Waals surface area contributed by atoms with Gasteiger partial charge in [-0.1, -0.05) is 18.2 Å². The molecule has 0 bridgehead atoms. The summed E-state index contributed by atoms with van der Waals surface area (Å²) in [6.45, 7) is 0.997. The van der Waals surface area contributed by atoms with Crippen molar-refractivity contribution in [3.63, 3.8) is 0 Å². The SMILES string of the molecule is COCCCNC(=O)/C(=C/c1ccco1)NC(=O)c1ccccc1. The zero-order chi connectivity index (χ0) is 17.2. The maximum absolute atomic E-state index is 12.3. The minimum Gasteiger partial charge on any atom is -0.465 e. The van der Waals surface area contributed by atoms with Crippen LogP contribution in [0.15, 0.2) is 58.8 Å². The Balaban J connectivity index is 2.08. The van der Waals surface area contributed by atoms with Gasteiger partial charge in [0.2, 0.25) is 0 Å². The molecule has 0 spiro atoms. The van der Waals surface area contributed by atoms with Crippen LogP contribution in [-0.4, -0.2) is 32.1 Å². The van der Waals surface area contributed by atoms with E-state index < -0.39 is 0 Å². The fraction of sp³-hybridized carbons (Fsp3) is 0.222. The van der Waals surface area contributed by atoms with Gasteiger partial charge in [0.25, 0.3) is 11.8 Å². The van der Waals surface area contributed by atoms with E-state index >= 15 is 0 Å². The molecule has 1 aromatic heterocycles. The topological polar surface area (TPSA) is 80.6 Å². The number of benzene rings is 1. The van der Waals surface area contributed by atoms with Gasteiger partial charge in [0, 0.05) is 31.9 Å². The summed E-state index contributed by atoms with van der Waals surface area (Å²) >= 11 is 0. The number of carbonyl (C=O) groups excluding carboxylic acids is 2. The Kier molecular flexibility index (Phi) is 6.79. The van der Waals surface area contributed by atoms with Gasteiger partial charge >= 0.3 is 0 Å². The first-order valence-electron chi connectivity index (χ1n) is 7.59. The van der Waals surface area contributed by atoms with Crippen molar-refractivity contribution in [2.45, 2.75) is 6.42 Å². The Morgan fingerprint density at radius 1 is 1.17 bits per heavy atom. The van der Waals surface area contributed by atoms with Crippen LogP contribution in [0.4, 0.5) is 0 Å². The van der Waals surface area contributed by atoms with E-state index in [2.05, 4.69) is 10.6 Å². The van der Waals surface area contributed by atoms with Crippen LogP contribution in [0.25, 0.3) is 6.08 Å². The van der Waals surface area contributed by atoms with E-state index in [1.54, 1.807) is 43.5 Å². The van der Waals surface area contributed by atoms with Crippen molar-refractivity contribution in [1.82, 2.24) is 10.6 Å². The fourth-order valence-corrected chi connectivity index (χ4v) is 1.97. The molecule has 0 saturated carbocycles. The van der Waals surface area contributed by atoms with E-state index in [1.165, 1.54) is 12.3 Å². The quantitative estimate of drug-likeness (QED) is 0.575. The van der Waals surface area contributed by atoms with Crippen LogP contribution in [-0.2, 0) is 9.53 Å². The van der Waals surface area contributed by atoms with Crippen LogP contribution in [0.3, 0.4) is 0 Å². The molecule has 0 atom stereocenters. The van der Waals surface area contributed by atoms with Gasteiger partial charge in [-0.05, 0) is 30.7 Å². The summed E-state index contributed by atoms with van der Waals surface area (Å²) in [4.78, 5) is 24.6. The van der Waals surface area contributed by atoms with E-state index in [1.807, 2.05) is 6.07 Å². The van der Waals surface area contributed by atoms with Crippen molar-refractivity contribution in [3.8, 4) is 0 Å². The maximum Gasteiger partial charge on any atom is 0.267 e. The van der Waals surface area contributed by atoms with Crippen molar-refractivity contribution in [2.24, 2.45) is 0 Å². The van der Waals surface area contributed by atoms with Crippen molar-refractivity contribution < 1.29 is 18.7 Å². The van der Waals surface area contributed by atoms with Gasteiger partial charge in [0.05, 0.1) is 6.26 Å². The van der Waals surface area contributed by atoms with Gasteiger partial charge in [0.1, 0.15) is 11.5 Å². The van der Waals surface area contributed by atoms with Crippen LogP contribution < -0.4 is 10.6 Å². The molecule has 0 saturated heterocycles. The first-order chi connectivity index (χ1) is 11.7. The molecule has 2 N–H and O–H groups in total. The van der Waals surface area contributed by atoms with Gasteiger partial charge in [-0.2, -0.15) is 0 Å². The van der Waals surface area contributed by atoms with Gasteiger partial charge in [-0.25, -0.2) is 0 Å². The van der Waals surface area contributed by atoms with Crippen LogP contribution in [0.1, 0.15) is 22.5 Å². The molecular weight excluding hydrogens is 308 g/mol. The largest absolute Gasteiger partial charge is 0.465 e. The number of nitrogens with one attached hydrogen (secondary N) is 2. The minimum absolute atomic E-state index is 0.121. The second-order valence-corrected chi connectivity index (χ2v) is 5.00. The van der Waals surface area contributed by atoms with Crippen molar-refractivity contribution in [1.29, 1.82) is 0 Å². The molecule has 2 rings (SSSR count). The van der Waals surface area contributed by atoms with E-state index in [0.717, 1.165) is 0 Å². The molecule has 0 fully saturated rings. The van der Waals surface area contributed by atoms with Gasteiger partial charge < -0.3 is 19.8 Å². The molecule has 0 radical (unpaired) electrons. The zero-order valence-electron chi connectivity index (χ0n) is 13.5. The summed E-state index contributed by atoms with van der Waals surface area (Å²) in [7, 11) is 1.60. The van der Waals surface area contributed by atoms with Crippen molar-refractivity contribution in [2.75, 3.05) is 20.3 Å². The molecule has 24 heavy (non-hydrogen) atoms. The fourth-order valence-electron chi connectivity index (χ4n) is 1.97.